The number of hydrogen-bond donors (Lipinski definition) is 2. The van der Waals surface area contributed by atoms with Crippen LogP contribution in [0, 0.1) is 0 Å². The summed E-state index contributed by atoms with van der Waals surface area (Å²) in [6.45, 7) is 0. The Morgan fingerprint density at radius 1 is 0.865 bits per heavy atom. The SMILES string of the molecule is CN1C(=O)C(c2ccccc2)(c2cccc(-c3ccc(C(F)(F)F)cc3)c2)N=C1N.O=C(O)C(F)(F)F. The second-order valence-electron chi connectivity index (χ2n) is 7.87. The van der Waals surface area contributed by atoms with Crippen molar-refractivity contribution < 1.29 is 41.0 Å². The number of likely N-dealkylation sites (N-methyl/N-ethyl adjacent to an activating group) is 1. The smallest absolute Gasteiger partial charge is 0.475 e. The molecule has 3 N–H and O–H groups in total. The van der Waals surface area contributed by atoms with Gasteiger partial charge in [-0.15, -0.1) is 0 Å². The van der Waals surface area contributed by atoms with E-state index in [-0.39, 0.29) is 11.9 Å². The zero-order valence-corrected chi connectivity index (χ0v) is 19.0. The van der Waals surface area contributed by atoms with E-state index in [2.05, 4.69) is 4.99 Å². The molecular formula is C25H19F6N3O3. The first-order chi connectivity index (χ1) is 17.2. The molecule has 0 radical (unpaired) electrons. The molecule has 0 fully saturated rings. The number of guanidine groups is 1. The molecule has 0 bridgehead atoms. The highest BCUT2D eigenvalue weighted by Crippen LogP contribution is 2.40. The van der Waals surface area contributed by atoms with Crippen LogP contribution in [-0.4, -0.2) is 41.1 Å². The van der Waals surface area contributed by atoms with Crippen molar-refractivity contribution in [1.29, 1.82) is 0 Å². The Kier molecular flexibility index (Phi) is 7.33. The van der Waals surface area contributed by atoms with E-state index < -0.39 is 29.4 Å². The molecule has 12 heteroatoms. The van der Waals surface area contributed by atoms with Crippen molar-refractivity contribution in [1.82, 2.24) is 4.90 Å². The number of nitrogens with two attached hydrogens (primary N) is 1. The molecule has 3 aromatic carbocycles. The van der Waals surface area contributed by atoms with Crippen molar-refractivity contribution in [3.63, 3.8) is 0 Å². The number of carboxylic acid groups (broad SMARTS) is 1. The van der Waals surface area contributed by atoms with Crippen LogP contribution >= 0.6 is 0 Å². The van der Waals surface area contributed by atoms with E-state index in [1.165, 1.54) is 17.0 Å². The lowest BCUT2D eigenvalue weighted by Gasteiger charge is -2.26. The average Bonchev–Trinajstić information content (AvgIpc) is 3.09. The van der Waals surface area contributed by atoms with E-state index in [0.717, 1.165) is 12.1 Å². The van der Waals surface area contributed by atoms with Crippen molar-refractivity contribution in [3.8, 4) is 11.1 Å². The van der Waals surface area contributed by atoms with E-state index in [9.17, 15) is 31.1 Å². The molecule has 1 aliphatic rings. The standard InChI is InChI=1S/C23H18F3N3O.C2HF3O2/c1-29-20(30)22(28-21(29)27,17-7-3-2-4-8-17)19-9-5-6-16(14-19)15-10-12-18(13-11-15)23(24,25)26;3-2(4,5)1(6)7/h2-14H,1H3,(H2,27,28);(H,6,7). The fourth-order valence-corrected chi connectivity index (χ4v) is 3.64. The normalized spacial score (nSPS) is 17.6. The van der Waals surface area contributed by atoms with Gasteiger partial charge in [-0.3, -0.25) is 9.69 Å². The molecule has 0 aromatic heterocycles. The number of aliphatic carboxylic acids is 1. The summed E-state index contributed by atoms with van der Waals surface area (Å²) in [6, 6.07) is 21.1. The fourth-order valence-electron chi connectivity index (χ4n) is 3.64. The average molecular weight is 523 g/mol. The highest BCUT2D eigenvalue weighted by molar-refractivity contribution is 6.09. The minimum atomic E-state index is -5.08. The topological polar surface area (TPSA) is 96.0 Å². The van der Waals surface area contributed by atoms with Gasteiger partial charge in [0.1, 0.15) is 0 Å². The summed E-state index contributed by atoms with van der Waals surface area (Å²) in [5, 5.41) is 7.12. The number of carboxylic acids is 1. The first kappa shape index (κ1) is 27.2. The molecule has 1 unspecified atom stereocenters. The number of halogens is 6. The third-order valence-corrected chi connectivity index (χ3v) is 5.50. The number of aliphatic imine (C=N–C) groups is 1. The summed E-state index contributed by atoms with van der Waals surface area (Å²) < 4.78 is 70.4. The van der Waals surface area contributed by atoms with Crippen LogP contribution in [0.2, 0.25) is 0 Å². The van der Waals surface area contributed by atoms with Crippen LogP contribution in [0.3, 0.4) is 0 Å². The molecule has 1 heterocycles. The van der Waals surface area contributed by atoms with Gasteiger partial charge in [0.05, 0.1) is 5.56 Å². The van der Waals surface area contributed by atoms with Gasteiger partial charge < -0.3 is 10.8 Å². The number of amides is 1. The molecule has 3 aromatic rings. The van der Waals surface area contributed by atoms with E-state index in [1.807, 2.05) is 18.2 Å². The Morgan fingerprint density at radius 2 is 1.41 bits per heavy atom. The number of benzene rings is 3. The predicted molar refractivity (Wildman–Crippen MR) is 122 cm³/mol. The molecule has 1 aliphatic heterocycles. The van der Waals surface area contributed by atoms with Gasteiger partial charge in [0, 0.05) is 7.05 Å². The number of carbonyl (C=O) groups excluding carboxylic acids is 1. The molecule has 0 spiro atoms. The summed E-state index contributed by atoms with van der Waals surface area (Å²) in [7, 11) is 1.56. The molecule has 194 valence electrons. The highest BCUT2D eigenvalue weighted by atomic mass is 19.4. The second kappa shape index (κ2) is 9.96. The Balaban J connectivity index is 0.000000479. The van der Waals surface area contributed by atoms with Crippen LogP contribution < -0.4 is 5.73 Å². The van der Waals surface area contributed by atoms with Crippen molar-refractivity contribution in [2.24, 2.45) is 10.7 Å². The monoisotopic (exact) mass is 523 g/mol. The summed E-state index contributed by atoms with van der Waals surface area (Å²) >= 11 is 0. The van der Waals surface area contributed by atoms with Crippen LogP contribution in [-0.2, 0) is 21.3 Å². The summed E-state index contributed by atoms with van der Waals surface area (Å²) in [6.07, 6.45) is -9.48. The van der Waals surface area contributed by atoms with Gasteiger partial charge in [-0.05, 0) is 40.5 Å². The van der Waals surface area contributed by atoms with Crippen LogP contribution in [0.15, 0.2) is 83.9 Å². The molecule has 1 amide bonds. The van der Waals surface area contributed by atoms with Gasteiger partial charge in [0.25, 0.3) is 5.91 Å². The zero-order valence-electron chi connectivity index (χ0n) is 19.0. The van der Waals surface area contributed by atoms with Gasteiger partial charge in [0.15, 0.2) is 11.5 Å². The molecule has 0 aliphatic carbocycles. The Bertz CT molecular complexity index is 1320. The van der Waals surface area contributed by atoms with Gasteiger partial charge in [0.2, 0.25) is 0 Å². The van der Waals surface area contributed by atoms with E-state index >= 15 is 0 Å². The van der Waals surface area contributed by atoms with Crippen molar-refractivity contribution in [2.45, 2.75) is 17.9 Å². The van der Waals surface area contributed by atoms with E-state index in [4.69, 9.17) is 15.6 Å². The first-order valence-electron chi connectivity index (χ1n) is 10.4. The van der Waals surface area contributed by atoms with Crippen molar-refractivity contribution in [3.05, 3.63) is 95.6 Å². The summed E-state index contributed by atoms with van der Waals surface area (Å²) in [4.78, 5) is 28.0. The van der Waals surface area contributed by atoms with Crippen LogP contribution in [0.1, 0.15) is 16.7 Å². The molecule has 0 saturated carbocycles. The maximum atomic E-state index is 13.2. The van der Waals surface area contributed by atoms with Crippen LogP contribution in [0.25, 0.3) is 11.1 Å². The molecular weight excluding hydrogens is 504 g/mol. The highest BCUT2D eigenvalue weighted by Gasteiger charge is 2.49. The third kappa shape index (κ3) is 5.57. The molecule has 0 saturated heterocycles. The molecule has 6 nitrogen and oxygen atoms in total. The molecule has 37 heavy (non-hydrogen) atoms. The van der Waals surface area contributed by atoms with Crippen LogP contribution in [0.4, 0.5) is 26.3 Å². The minimum absolute atomic E-state index is 0.101. The first-order valence-corrected chi connectivity index (χ1v) is 10.4. The fraction of sp³-hybridized carbons (Fsp3) is 0.160. The Morgan fingerprint density at radius 3 is 1.86 bits per heavy atom. The maximum absolute atomic E-state index is 13.2. The minimum Gasteiger partial charge on any atom is -0.475 e. The van der Waals surface area contributed by atoms with Gasteiger partial charge in [-0.2, -0.15) is 26.3 Å². The van der Waals surface area contributed by atoms with Gasteiger partial charge in [-0.1, -0.05) is 60.7 Å². The quantitative estimate of drug-likeness (QED) is 0.471. The second-order valence-corrected chi connectivity index (χ2v) is 7.87. The van der Waals surface area contributed by atoms with Crippen molar-refractivity contribution >= 4 is 17.8 Å². The molecule has 1 atom stereocenters. The van der Waals surface area contributed by atoms with Gasteiger partial charge in [-0.25, -0.2) is 9.79 Å². The lowest BCUT2D eigenvalue weighted by atomic mass is 9.82. The number of rotatable bonds is 3. The number of hydrogen-bond acceptors (Lipinski definition) is 4. The largest absolute Gasteiger partial charge is 0.490 e. The van der Waals surface area contributed by atoms with Crippen LogP contribution in [0.5, 0.6) is 0 Å². The third-order valence-electron chi connectivity index (χ3n) is 5.50. The van der Waals surface area contributed by atoms with Gasteiger partial charge >= 0.3 is 18.3 Å². The number of nitrogens with zero attached hydrogens (tertiary/aromatic N) is 2. The Hall–Kier alpha value is -4.35. The van der Waals surface area contributed by atoms with E-state index in [1.54, 1.807) is 43.4 Å². The molecule has 4 rings (SSSR count). The lowest BCUT2D eigenvalue weighted by Crippen LogP contribution is -2.41. The van der Waals surface area contributed by atoms with Crippen molar-refractivity contribution in [2.75, 3.05) is 7.05 Å². The lowest BCUT2D eigenvalue weighted by molar-refractivity contribution is -0.192. The zero-order chi connectivity index (χ0) is 27.6. The van der Waals surface area contributed by atoms with E-state index in [0.29, 0.717) is 22.3 Å². The summed E-state index contributed by atoms with van der Waals surface area (Å²) in [5.74, 6) is -2.95. The summed E-state index contributed by atoms with van der Waals surface area (Å²) in [5.41, 5.74) is 6.43. The Labute approximate surface area is 206 Å². The number of alkyl halides is 6. The predicted octanol–water partition coefficient (Wildman–Crippen LogP) is 5.04. The number of carbonyl (C=O) groups is 2. The maximum Gasteiger partial charge on any atom is 0.490 e.